The third kappa shape index (κ3) is 3.54. The predicted octanol–water partition coefficient (Wildman–Crippen LogP) is 4.57. The number of rotatable bonds is 5. The zero-order chi connectivity index (χ0) is 25.6. The Balaban J connectivity index is 1.96. The largest absolute Gasteiger partial charge is 0.464 e. The lowest BCUT2D eigenvalue weighted by molar-refractivity contribution is 0.0565. The van der Waals surface area contributed by atoms with Crippen LogP contribution in [-0.4, -0.2) is 43.5 Å². The van der Waals surface area contributed by atoms with Crippen LogP contribution in [0.25, 0.3) is 33.1 Å². The minimum absolute atomic E-state index is 0.0528. The van der Waals surface area contributed by atoms with Crippen LogP contribution in [0.2, 0.25) is 0 Å². The van der Waals surface area contributed by atoms with Crippen molar-refractivity contribution in [3.8, 4) is 11.3 Å². The van der Waals surface area contributed by atoms with E-state index in [4.69, 9.17) is 13.9 Å². The first-order chi connectivity index (χ1) is 17.3. The van der Waals surface area contributed by atoms with E-state index in [0.29, 0.717) is 16.3 Å². The summed E-state index contributed by atoms with van der Waals surface area (Å²) in [6.07, 6.45) is 1.43. The van der Waals surface area contributed by atoms with Crippen molar-refractivity contribution in [2.45, 2.75) is 11.8 Å². The van der Waals surface area contributed by atoms with E-state index < -0.39 is 22.0 Å². The number of para-hydroxylation sites is 1. The molecule has 0 bridgehead atoms. The van der Waals surface area contributed by atoms with Crippen LogP contribution in [0.3, 0.4) is 0 Å². The number of aromatic nitrogens is 2. The third-order valence-electron chi connectivity index (χ3n) is 5.84. The molecule has 0 amide bonds. The summed E-state index contributed by atoms with van der Waals surface area (Å²) in [7, 11) is -1.76. The van der Waals surface area contributed by atoms with Gasteiger partial charge in [0.2, 0.25) is 5.76 Å². The molecule has 0 N–H and O–H groups in total. The molecule has 5 aromatic rings. The Morgan fingerprint density at radius 1 is 0.889 bits per heavy atom. The molecule has 0 radical (unpaired) electrons. The van der Waals surface area contributed by atoms with Gasteiger partial charge >= 0.3 is 11.9 Å². The summed E-state index contributed by atoms with van der Waals surface area (Å²) in [5.74, 6) is -1.59. The molecule has 0 spiro atoms. The van der Waals surface area contributed by atoms with Crippen molar-refractivity contribution in [3.05, 3.63) is 83.9 Å². The van der Waals surface area contributed by atoms with Crippen LogP contribution in [-0.2, 0) is 19.5 Å². The maximum atomic E-state index is 14.0. The number of benzene rings is 2. The lowest BCUT2D eigenvalue weighted by Crippen LogP contribution is -2.15. The average Bonchev–Trinajstić information content (AvgIpc) is 3.51. The zero-order valence-electron chi connectivity index (χ0n) is 19.5. The normalized spacial score (nSPS) is 11.6. The van der Waals surface area contributed by atoms with E-state index in [2.05, 4.69) is 4.98 Å². The van der Waals surface area contributed by atoms with E-state index in [1.54, 1.807) is 36.4 Å². The highest BCUT2D eigenvalue weighted by molar-refractivity contribution is 7.90. The highest BCUT2D eigenvalue weighted by atomic mass is 32.2. The van der Waals surface area contributed by atoms with E-state index in [9.17, 15) is 18.0 Å². The van der Waals surface area contributed by atoms with E-state index in [-0.39, 0.29) is 33.2 Å². The number of hydrogen-bond acceptors (Lipinski definition) is 8. The van der Waals surface area contributed by atoms with Gasteiger partial charge in [0, 0.05) is 17.0 Å². The summed E-state index contributed by atoms with van der Waals surface area (Å²) in [4.78, 5) is 29.2. The van der Waals surface area contributed by atoms with E-state index in [1.807, 2.05) is 6.92 Å². The predicted molar refractivity (Wildman–Crippen MR) is 131 cm³/mol. The first kappa shape index (κ1) is 23.3. The van der Waals surface area contributed by atoms with Gasteiger partial charge in [-0.2, -0.15) is 0 Å². The Bertz CT molecular complexity index is 1760. The van der Waals surface area contributed by atoms with Crippen LogP contribution in [0.15, 0.2) is 76.2 Å². The molecule has 36 heavy (non-hydrogen) atoms. The van der Waals surface area contributed by atoms with Crippen LogP contribution >= 0.6 is 0 Å². The zero-order valence-corrected chi connectivity index (χ0v) is 20.3. The minimum atomic E-state index is -4.16. The third-order valence-corrected chi connectivity index (χ3v) is 7.57. The van der Waals surface area contributed by atoms with Gasteiger partial charge in [-0.3, -0.25) is 0 Å². The number of ether oxygens (including phenoxy) is 2. The molecule has 3 heterocycles. The summed E-state index contributed by atoms with van der Waals surface area (Å²) in [6, 6.07) is 16.2. The molecule has 0 fully saturated rings. The molecule has 0 aliphatic heterocycles. The second-order valence-electron chi connectivity index (χ2n) is 7.99. The molecule has 0 saturated heterocycles. The van der Waals surface area contributed by atoms with Gasteiger partial charge in [0.05, 0.1) is 35.7 Å². The highest BCUT2D eigenvalue weighted by Crippen LogP contribution is 2.40. The van der Waals surface area contributed by atoms with Crippen LogP contribution in [0.1, 0.15) is 26.6 Å². The van der Waals surface area contributed by atoms with Gasteiger partial charge in [0.1, 0.15) is 5.76 Å². The number of carbonyl (C=O) groups is 2. The summed E-state index contributed by atoms with van der Waals surface area (Å²) >= 11 is 0. The number of aryl methyl sites for hydroxylation is 1. The second-order valence-corrected chi connectivity index (χ2v) is 9.78. The van der Waals surface area contributed by atoms with E-state index in [0.717, 1.165) is 5.56 Å². The molecule has 9 nitrogen and oxygen atoms in total. The Labute approximate surface area is 205 Å². The Kier molecular flexibility index (Phi) is 5.60. The number of hydrogen-bond donors (Lipinski definition) is 0. The molecule has 0 atom stereocenters. The molecular weight excluding hydrogens is 484 g/mol. The molecule has 0 aliphatic carbocycles. The summed E-state index contributed by atoms with van der Waals surface area (Å²) in [6.45, 7) is 1.86. The SMILES string of the molecule is COC(=O)c1ccc(-c2c(C(=O)OC)ncc3c4ccccc4n(S(=O)(=O)c4ccc(C)cc4)c23)o1. The molecule has 0 unspecified atom stereocenters. The van der Waals surface area contributed by atoms with E-state index in [1.165, 1.54) is 48.7 Å². The number of methoxy groups -OCH3 is 2. The van der Waals surface area contributed by atoms with Crippen LogP contribution in [0, 0.1) is 6.92 Å². The van der Waals surface area contributed by atoms with Gasteiger partial charge in [-0.1, -0.05) is 35.9 Å². The lowest BCUT2D eigenvalue weighted by Gasteiger charge is -2.13. The molecule has 3 aromatic heterocycles. The minimum Gasteiger partial charge on any atom is -0.464 e. The Morgan fingerprint density at radius 2 is 1.58 bits per heavy atom. The molecule has 10 heteroatoms. The number of furan rings is 1. The van der Waals surface area contributed by atoms with Crippen molar-refractivity contribution in [1.29, 1.82) is 0 Å². The number of fused-ring (bicyclic) bond motifs is 3. The van der Waals surface area contributed by atoms with Gasteiger partial charge in [0.25, 0.3) is 10.0 Å². The van der Waals surface area contributed by atoms with Crippen LogP contribution in [0.4, 0.5) is 0 Å². The van der Waals surface area contributed by atoms with Gasteiger partial charge < -0.3 is 13.9 Å². The Hall–Kier alpha value is -4.44. The monoisotopic (exact) mass is 504 g/mol. The molecule has 2 aromatic carbocycles. The van der Waals surface area contributed by atoms with Crippen molar-refractivity contribution in [2.24, 2.45) is 0 Å². The van der Waals surface area contributed by atoms with Crippen molar-refractivity contribution in [3.63, 3.8) is 0 Å². The standard InChI is InChI=1S/C26H20N2O7S/c1-15-8-10-16(11-9-15)36(31,32)28-19-7-5-4-6-17(19)18-14-27-23(26(30)34-3)22(24(18)28)20-12-13-21(35-20)25(29)33-2/h4-14H,1-3H3. The number of esters is 2. The van der Waals surface area contributed by atoms with Crippen LogP contribution < -0.4 is 0 Å². The quantitative estimate of drug-likeness (QED) is 0.320. The molecule has 0 aliphatic rings. The summed E-state index contributed by atoms with van der Waals surface area (Å²) in [5.41, 5.74) is 1.36. The summed E-state index contributed by atoms with van der Waals surface area (Å²) in [5, 5.41) is 1.08. The van der Waals surface area contributed by atoms with Crippen molar-refractivity contribution in [2.75, 3.05) is 14.2 Å². The molecule has 182 valence electrons. The second kappa shape index (κ2) is 8.65. The fourth-order valence-corrected chi connectivity index (χ4v) is 5.68. The smallest absolute Gasteiger partial charge is 0.373 e. The molecular formula is C26H20N2O7S. The van der Waals surface area contributed by atoms with Crippen molar-refractivity contribution >= 4 is 43.8 Å². The number of nitrogens with zero attached hydrogens (tertiary/aromatic N) is 2. The summed E-state index contributed by atoms with van der Waals surface area (Å²) < 4.78 is 44.6. The first-order valence-corrected chi connectivity index (χ1v) is 12.2. The Morgan fingerprint density at radius 3 is 2.28 bits per heavy atom. The number of carbonyl (C=O) groups excluding carboxylic acids is 2. The maximum Gasteiger partial charge on any atom is 0.373 e. The fourth-order valence-electron chi connectivity index (χ4n) is 4.14. The van der Waals surface area contributed by atoms with Gasteiger partial charge in [-0.25, -0.2) is 27.0 Å². The van der Waals surface area contributed by atoms with Gasteiger partial charge in [-0.15, -0.1) is 0 Å². The highest BCUT2D eigenvalue weighted by Gasteiger charge is 2.30. The van der Waals surface area contributed by atoms with Crippen molar-refractivity contribution in [1.82, 2.24) is 8.96 Å². The van der Waals surface area contributed by atoms with Gasteiger partial charge in [-0.05, 0) is 37.3 Å². The lowest BCUT2D eigenvalue weighted by atomic mass is 10.1. The van der Waals surface area contributed by atoms with Gasteiger partial charge in [0.15, 0.2) is 5.69 Å². The average molecular weight is 505 g/mol. The number of pyridine rings is 1. The van der Waals surface area contributed by atoms with Crippen LogP contribution in [0.5, 0.6) is 0 Å². The van der Waals surface area contributed by atoms with E-state index >= 15 is 0 Å². The maximum absolute atomic E-state index is 14.0. The fraction of sp³-hybridized carbons (Fsp3) is 0.115. The topological polar surface area (TPSA) is 118 Å². The first-order valence-electron chi connectivity index (χ1n) is 10.8. The molecule has 0 saturated carbocycles. The molecule has 5 rings (SSSR count). The van der Waals surface area contributed by atoms with Crippen molar-refractivity contribution < 1.29 is 31.9 Å².